The van der Waals surface area contributed by atoms with E-state index in [2.05, 4.69) is 34.8 Å². The van der Waals surface area contributed by atoms with E-state index in [4.69, 9.17) is 0 Å². The van der Waals surface area contributed by atoms with E-state index in [1.807, 2.05) is 4.90 Å². The van der Waals surface area contributed by atoms with Crippen LogP contribution in [0.25, 0.3) is 0 Å². The van der Waals surface area contributed by atoms with Gasteiger partial charge in [-0.15, -0.1) is 0 Å². The van der Waals surface area contributed by atoms with Crippen LogP contribution in [0.2, 0.25) is 0 Å². The summed E-state index contributed by atoms with van der Waals surface area (Å²) in [5, 5.41) is 0. The molecule has 1 aliphatic rings. The first-order valence-electron chi connectivity index (χ1n) is 6.00. The zero-order valence-corrected chi connectivity index (χ0v) is 11.8. The first-order chi connectivity index (χ1) is 8.08. The van der Waals surface area contributed by atoms with Gasteiger partial charge >= 0.3 is 0 Å². The fourth-order valence-corrected chi connectivity index (χ4v) is 2.17. The van der Waals surface area contributed by atoms with E-state index < -0.39 is 0 Å². The van der Waals surface area contributed by atoms with Crippen molar-refractivity contribution in [2.45, 2.75) is 32.7 Å². The highest BCUT2D eigenvalue weighted by molar-refractivity contribution is 9.10. The lowest BCUT2D eigenvalue weighted by Gasteiger charge is -2.26. The maximum absolute atomic E-state index is 12.4. The van der Waals surface area contributed by atoms with Crippen LogP contribution in [0, 0.1) is 5.92 Å². The number of halogens is 1. The molecule has 0 aromatic carbocycles. The molecule has 1 aromatic rings. The molecule has 0 aliphatic heterocycles. The Morgan fingerprint density at radius 3 is 2.82 bits per heavy atom. The number of hydrogen-bond donors (Lipinski definition) is 0. The van der Waals surface area contributed by atoms with Crippen LogP contribution in [0.15, 0.2) is 22.9 Å². The molecule has 0 saturated heterocycles. The van der Waals surface area contributed by atoms with Gasteiger partial charge in [0.05, 0.1) is 0 Å². The van der Waals surface area contributed by atoms with E-state index >= 15 is 0 Å². The molecule has 0 spiro atoms. The first-order valence-corrected chi connectivity index (χ1v) is 6.79. The zero-order valence-electron chi connectivity index (χ0n) is 10.2. The quantitative estimate of drug-likeness (QED) is 0.800. The largest absolute Gasteiger partial charge is 0.336 e. The highest BCUT2D eigenvalue weighted by Gasteiger charge is 2.28. The lowest BCUT2D eigenvalue weighted by atomic mass is 10.2. The highest BCUT2D eigenvalue weighted by atomic mass is 79.9. The Kier molecular flexibility index (Phi) is 3.82. The third-order valence-electron chi connectivity index (χ3n) is 3.01. The van der Waals surface area contributed by atoms with Crippen LogP contribution in [0.4, 0.5) is 0 Å². The first kappa shape index (κ1) is 12.6. The molecule has 1 amide bonds. The third kappa shape index (κ3) is 3.28. The Morgan fingerprint density at radius 1 is 1.59 bits per heavy atom. The van der Waals surface area contributed by atoms with Crippen molar-refractivity contribution in [3.8, 4) is 0 Å². The molecule has 17 heavy (non-hydrogen) atoms. The summed E-state index contributed by atoms with van der Waals surface area (Å²) in [6, 6.07) is 3.80. The number of aromatic nitrogens is 1. The number of pyridine rings is 1. The molecule has 0 N–H and O–H groups in total. The SMILES string of the molecule is CC(C)N(CC1CC1)C(=O)c1ccnc(Br)c1. The van der Waals surface area contributed by atoms with Crippen LogP contribution < -0.4 is 0 Å². The van der Waals surface area contributed by atoms with Crippen LogP contribution in [0.3, 0.4) is 0 Å². The van der Waals surface area contributed by atoms with Gasteiger partial charge in [0.2, 0.25) is 0 Å². The molecule has 4 heteroatoms. The highest BCUT2D eigenvalue weighted by Crippen LogP contribution is 2.30. The molecule has 0 bridgehead atoms. The van der Waals surface area contributed by atoms with Crippen LogP contribution in [0.1, 0.15) is 37.0 Å². The zero-order chi connectivity index (χ0) is 12.4. The van der Waals surface area contributed by atoms with Crippen LogP contribution in [-0.4, -0.2) is 28.4 Å². The molecule has 0 atom stereocenters. The summed E-state index contributed by atoms with van der Waals surface area (Å²) < 4.78 is 0.707. The maximum atomic E-state index is 12.4. The average molecular weight is 297 g/mol. The minimum Gasteiger partial charge on any atom is -0.336 e. The minimum atomic E-state index is 0.106. The van der Waals surface area contributed by atoms with E-state index in [1.54, 1.807) is 18.3 Å². The molecule has 92 valence electrons. The van der Waals surface area contributed by atoms with Crippen LogP contribution in [0.5, 0.6) is 0 Å². The van der Waals surface area contributed by atoms with Crippen molar-refractivity contribution in [3.63, 3.8) is 0 Å². The topological polar surface area (TPSA) is 33.2 Å². The third-order valence-corrected chi connectivity index (χ3v) is 3.44. The Hall–Kier alpha value is -0.900. The second-order valence-electron chi connectivity index (χ2n) is 4.86. The predicted octanol–water partition coefficient (Wildman–Crippen LogP) is 3.10. The molecule has 1 saturated carbocycles. The van der Waals surface area contributed by atoms with Gasteiger partial charge in [-0.3, -0.25) is 4.79 Å². The van der Waals surface area contributed by atoms with E-state index in [9.17, 15) is 4.79 Å². The summed E-state index contributed by atoms with van der Waals surface area (Å²) in [5.41, 5.74) is 0.709. The summed E-state index contributed by atoms with van der Waals surface area (Å²) in [6.07, 6.45) is 4.18. The number of hydrogen-bond acceptors (Lipinski definition) is 2. The average Bonchev–Trinajstić information content (AvgIpc) is 3.08. The van der Waals surface area contributed by atoms with Gasteiger partial charge in [0, 0.05) is 24.3 Å². The van der Waals surface area contributed by atoms with Gasteiger partial charge in [0.25, 0.3) is 5.91 Å². The Morgan fingerprint density at radius 2 is 2.29 bits per heavy atom. The number of nitrogens with zero attached hydrogens (tertiary/aromatic N) is 2. The van der Waals surface area contributed by atoms with Crippen molar-refractivity contribution in [2.75, 3.05) is 6.54 Å². The predicted molar refractivity (Wildman–Crippen MR) is 70.8 cm³/mol. The van der Waals surface area contributed by atoms with Crippen molar-refractivity contribution < 1.29 is 4.79 Å². The Labute approximate surface area is 110 Å². The summed E-state index contributed by atoms with van der Waals surface area (Å²) in [5.74, 6) is 0.821. The van der Waals surface area contributed by atoms with E-state index in [0.29, 0.717) is 16.1 Å². The van der Waals surface area contributed by atoms with Crippen LogP contribution in [-0.2, 0) is 0 Å². The summed E-state index contributed by atoms with van der Waals surface area (Å²) in [7, 11) is 0. The molecule has 0 radical (unpaired) electrons. The second kappa shape index (κ2) is 5.17. The monoisotopic (exact) mass is 296 g/mol. The smallest absolute Gasteiger partial charge is 0.254 e. The van der Waals surface area contributed by atoms with Crippen molar-refractivity contribution in [2.24, 2.45) is 5.92 Å². The maximum Gasteiger partial charge on any atom is 0.254 e. The molecule has 1 aliphatic carbocycles. The van der Waals surface area contributed by atoms with E-state index in [0.717, 1.165) is 6.54 Å². The molecular formula is C13H17BrN2O. The van der Waals surface area contributed by atoms with Crippen LogP contribution >= 0.6 is 15.9 Å². The van der Waals surface area contributed by atoms with Gasteiger partial charge in [-0.1, -0.05) is 0 Å². The molecule has 1 heterocycles. The summed E-state index contributed by atoms with van der Waals surface area (Å²) >= 11 is 3.30. The fraction of sp³-hybridized carbons (Fsp3) is 0.538. The minimum absolute atomic E-state index is 0.106. The number of carbonyl (C=O) groups excluding carboxylic acids is 1. The van der Waals surface area contributed by atoms with Gasteiger partial charge in [-0.25, -0.2) is 4.98 Å². The lowest BCUT2D eigenvalue weighted by molar-refractivity contribution is 0.0696. The number of amides is 1. The lowest BCUT2D eigenvalue weighted by Crippen LogP contribution is -2.38. The standard InChI is InChI=1S/C13H17BrN2O/c1-9(2)16(8-10-3-4-10)13(17)11-5-6-15-12(14)7-11/h5-7,9-10H,3-4,8H2,1-2H3. The Balaban J connectivity index is 2.14. The van der Waals surface area contributed by atoms with Crippen molar-refractivity contribution in [3.05, 3.63) is 28.5 Å². The molecule has 0 unspecified atom stereocenters. The van der Waals surface area contributed by atoms with Gasteiger partial charge in [-0.05, 0) is 60.7 Å². The molecule has 1 aromatic heterocycles. The van der Waals surface area contributed by atoms with Gasteiger partial charge in [0.15, 0.2) is 0 Å². The van der Waals surface area contributed by atoms with E-state index in [1.165, 1.54) is 12.8 Å². The molecule has 2 rings (SSSR count). The van der Waals surface area contributed by atoms with Crippen molar-refractivity contribution in [1.29, 1.82) is 0 Å². The summed E-state index contributed by atoms with van der Waals surface area (Å²) in [6.45, 7) is 5.02. The van der Waals surface area contributed by atoms with E-state index in [-0.39, 0.29) is 11.9 Å². The second-order valence-corrected chi connectivity index (χ2v) is 5.67. The fourth-order valence-electron chi connectivity index (χ4n) is 1.81. The van der Waals surface area contributed by atoms with Gasteiger partial charge in [0.1, 0.15) is 4.60 Å². The normalized spacial score (nSPS) is 15.1. The Bertz CT molecular complexity index is 416. The van der Waals surface area contributed by atoms with Gasteiger partial charge in [-0.2, -0.15) is 0 Å². The van der Waals surface area contributed by atoms with Crippen molar-refractivity contribution >= 4 is 21.8 Å². The molecule has 3 nitrogen and oxygen atoms in total. The van der Waals surface area contributed by atoms with Gasteiger partial charge < -0.3 is 4.90 Å². The number of carbonyl (C=O) groups is 1. The van der Waals surface area contributed by atoms with Crippen molar-refractivity contribution in [1.82, 2.24) is 9.88 Å². The number of rotatable bonds is 4. The summed E-state index contributed by atoms with van der Waals surface area (Å²) in [4.78, 5) is 18.4. The molecule has 1 fully saturated rings. The molecular weight excluding hydrogens is 280 g/mol.